The first kappa shape index (κ1) is 9.85. The number of benzene rings is 1. The topological polar surface area (TPSA) is 60.7 Å². The van der Waals surface area contributed by atoms with Crippen LogP contribution in [0.4, 0.5) is 0 Å². The highest BCUT2D eigenvalue weighted by molar-refractivity contribution is 7.80. The Morgan fingerprint density at radius 2 is 1.93 bits per heavy atom. The van der Waals surface area contributed by atoms with Crippen molar-refractivity contribution in [2.75, 3.05) is 0 Å². The summed E-state index contributed by atoms with van der Waals surface area (Å²) in [5.41, 5.74) is 0. The smallest absolute Gasteiger partial charge is 0.499 e. The summed E-state index contributed by atoms with van der Waals surface area (Å²) in [7, 11) is -1.49. The molecular weight excluding hydrogens is 219 g/mol. The van der Waals surface area contributed by atoms with Crippen molar-refractivity contribution < 1.29 is 15.2 Å². The number of hydrogen-bond donors (Lipinski definition) is 4. The number of hydrogen-bond acceptors (Lipinski definition) is 5. The lowest BCUT2D eigenvalue weighted by Gasteiger charge is -1.95. The zero-order valence-corrected chi connectivity index (χ0v) is 8.72. The minimum Gasteiger partial charge on any atom is -0.506 e. The van der Waals surface area contributed by atoms with Gasteiger partial charge in [0.05, 0.1) is 4.70 Å². The third-order valence-electron chi connectivity index (χ3n) is 1.85. The van der Waals surface area contributed by atoms with Crippen molar-refractivity contribution >= 4 is 45.9 Å². The van der Waals surface area contributed by atoms with Crippen LogP contribution in [0, 0.1) is 0 Å². The molecular formula is C8H7BO3S2. The number of phenols is 1. The highest BCUT2D eigenvalue weighted by atomic mass is 32.1. The van der Waals surface area contributed by atoms with E-state index in [4.69, 9.17) is 10.0 Å². The van der Waals surface area contributed by atoms with Gasteiger partial charge in [0, 0.05) is 9.67 Å². The molecule has 0 spiro atoms. The quantitative estimate of drug-likeness (QED) is 0.425. The van der Waals surface area contributed by atoms with Crippen LogP contribution in [0.3, 0.4) is 0 Å². The Kier molecular flexibility index (Phi) is 2.44. The average Bonchev–Trinajstić information content (AvgIpc) is 2.47. The maximum absolute atomic E-state index is 9.55. The summed E-state index contributed by atoms with van der Waals surface area (Å²) in [6, 6.07) is 4.92. The van der Waals surface area contributed by atoms with E-state index >= 15 is 0 Å². The zero-order valence-electron chi connectivity index (χ0n) is 7.01. The van der Waals surface area contributed by atoms with Gasteiger partial charge >= 0.3 is 7.12 Å². The Bertz CT molecular complexity index is 481. The molecule has 0 aliphatic rings. The Hall–Kier alpha value is -0.685. The van der Waals surface area contributed by atoms with Crippen molar-refractivity contribution in [2.45, 2.75) is 4.90 Å². The highest BCUT2D eigenvalue weighted by Crippen LogP contribution is 2.31. The van der Waals surface area contributed by atoms with Gasteiger partial charge in [-0.25, -0.2) is 0 Å². The molecule has 3 N–H and O–H groups in total. The van der Waals surface area contributed by atoms with E-state index in [0.29, 0.717) is 14.4 Å². The molecule has 0 saturated carbocycles. The Morgan fingerprint density at radius 3 is 2.57 bits per heavy atom. The van der Waals surface area contributed by atoms with Crippen molar-refractivity contribution in [3.63, 3.8) is 0 Å². The van der Waals surface area contributed by atoms with Crippen molar-refractivity contribution in [1.82, 2.24) is 0 Å². The average molecular weight is 226 g/mol. The summed E-state index contributed by atoms with van der Waals surface area (Å²) in [6.07, 6.45) is 0. The first-order valence-corrected chi connectivity index (χ1v) is 5.16. The van der Waals surface area contributed by atoms with E-state index in [1.54, 1.807) is 12.1 Å². The SMILES string of the molecule is OB(O)c1cc2cc(S)cc(O)c2s1. The summed E-state index contributed by atoms with van der Waals surface area (Å²) in [4.78, 5) is 0.645. The summed E-state index contributed by atoms with van der Waals surface area (Å²) >= 11 is 5.27. The van der Waals surface area contributed by atoms with E-state index in [1.165, 1.54) is 6.07 Å². The first-order chi connectivity index (χ1) is 6.58. The molecule has 2 rings (SSSR count). The van der Waals surface area contributed by atoms with Crippen LogP contribution in [-0.4, -0.2) is 22.3 Å². The molecule has 1 aromatic carbocycles. The van der Waals surface area contributed by atoms with Crippen LogP contribution in [0.15, 0.2) is 23.1 Å². The molecule has 14 heavy (non-hydrogen) atoms. The van der Waals surface area contributed by atoms with E-state index in [2.05, 4.69) is 12.6 Å². The molecule has 0 aliphatic carbocycles. The van der Waals surface area contributed by atoms with Gasteiger partial charge in [-0.05, 0) is 23.6 Å². The number of phenolic OH excluding ortho intramolecular Hbond substituents is 1. The zero-order chi connectivity index (χ0) is 10.3. The van der Waals surface area contributed by atoms with Crippen LogP contribution in [0.2, 0.25) is 0 Å². The largest absolute Gasteiger partial charge is 0.506 e. The normalized spacial score (nSPS) is 10.8. The lowest BCUT2D eigenvalue weighted by molar-refractivity contribution is 0.427. The summed E-state index contributed by atoms with van der Waals surface area (Å²) in [6.45, 7) is 0. The second-order valence-corrected chi connectivity index (χ2v) is 4.51. The van der Waals surface area contributed by atoms with Crippen molar-refractivity contribution in [1.29, 1.82) is 0 Å². The fraction of sp³-hybridized carbons (Fsp3) is 0. The van der Waals surface area contributed by atoms with Gasteiger partial charge < -0.3 is 15.2 Å². The van der Waals surface area contributed by atoms with Gasteiger partial charge in [0.2, 0.25) is 0 Å². The third kappa shape index (κ3) is 1.61. The van der Waals surface area contributed by atoms with Gasteiger partial charge in [-0.1, -0.05) is 0 Å². The molecule has 0 saturated heterocycles. The summed E-state index contributed by atoms with van der Waals surface area (Å²) < 4.78 is 1.06. The standard InChI is InChI=1S/C8H7BO3S2/c10-6-3-5(13)1-4-2-7(9(11)12)14-8(4)6/h1-3,10-13H. The molecule has 0 atom stereocenters. The van der Waals surface area contributed by atoms with Crippen LogP contribution in [0.1, 0.15) is 0 Å². The van der Waals surface area contributed by atoms with E-state index < -0.39 is 7.12 Å². The predicted molar refractivity (Wildman–Crippen MR) is 60.6 cm³/mol. The Morgan fingerprint density at radius 1 is 1.21 bits per heavy atom. The molecule has 2 aromatic rings. The van der Waals surface area contributed by atoms with Crippen LogP contribution < -0.4 is 4.78 Å². The van der Waals surface area contributed by atoms with Gasteiger partial charge in [0.1, 0.15) is 5.75 Å². The fourth-order valence-corrected chi connectivity index (χ4v) is 2.45. The maximum atomic E-state index is 9.55. The predicted octanol–water partition coefficient (Wildman–Crippen LogP) is 0.575. The molecule has 0 bridgehead atoms. The van der Waals surface area contributed by atoms with Gasteiger partial charge in [0.25, 0.3) is 0 Å². The summed E-state index contributed by atoms with van der Waals surface area (Å²) in [5, 5.41) is 28.2. The number of thiophene rings is 1. The minimum absolute atomic E-state index is 0.115. The fourth-order valence-electron chi connectivity index (χ4n) is 1.27. The van der Waals surface area contributed by atoms with E-state index in [1.807, 2.05) is 0 Å². The van der Waals surface area contributed by atoms with Gasteiger partial charge in [0.15, 0.2) is 0 Å². The van der Waals surface area contributed by atoms with Crippen LogP contribution in [0.5, 0.6) is 5.75 Å². The minimum atomic E-state index is -1.49. The first-order valence-electron chi connectivity index (χ1n) is 3.89. The monoisotopic (exact) mass is 226 g/mol. The van der Waals surface area contributed by atoms with Crippen LogP contribution in [-0.2, 0) is 0 Å². The second kappa shape index (κ2) is 3.47. The molecule has 0 amide bonds. The number of fused-ring (bicyclic) bond motifs is 1. The van der Waals surface area contributed by atoms with Gasteiger partial charge in [-0.3, -0.25) is 0 Å². The van der Waals surface area contributed by atoms with Crippen molar-refractivity contribution in [2.24, 2.45) is 0 Å². The highest BCUT2D eigenvalue weighted by Gasteiger charge is 2.16. The lowest BCUT2D eigenvalue weighted by atomic mass is 9.89. The Labute approximate surface area is 90.2 Å². The molecule has 0 aliphatic heterocycles. The van der Waals surface area contributed by atoms with Crippen LogP contribution >= 0.6 is 24.0 Å². The third-order valence-corrected chi connectivity index (χ3v) is 3.33. The number of aromatic hydroxyl groups is 1. The molecule has 1 aromatic heterocycles. The van der Waals surface area contributed by atoms with Gasteiger partial charge in [-0.15, -0.1) is 24.0 Å². The molecule has 1 heterocycles. The Balaban J connectivity index is 2.70. The van der Waals surface area contributed by atoms with E-state index in [-0.39, 0.29) is 5.75 Å². The number of thiol groups is 1. The second-order valence-electron chi connectivity index (χ2n) is 2.91. The van der Waals surface area contributed by atoms with Crippen LogP contribution in [0.25, 0.3) is 10.1 Å². The van der Waals surface area contributed by atoms with Crippen molar-refractivity contribution in [3.8, 4) is 5.75 Å². The molecule has 6 heteroatoms. The lowest BCUT2D eigenvalue weighted by Crippen LogP contribution is -2.26. The summed E-state index contributed by atoms with van der Waals surface area (Å²) in [5.74, 6) is 0.115. The molecule has 0 radical (unpaired) electrons. The number of rotatable bonds is 1. The molecule has 3 nitrogen and oxygen atoms in total. The van der Waals surface area contributed by atoms with Gasteiger partial charge in [-0.2, -0.15) is 0 Å². The van der Waals surface area contributed by atoms with Crippen molar-refractivity contribution in [3.05, 3.63) is 18.2 Å². The molecule has 0 unspecified atom stereocenters. The maximum Gasteiger partial charge on any atom is 0.499 e. The van der Waals surface area contributed by atoms with E-state index in [9.17, 15) is 5.11 Å². The molecule has 0 fully saturated rings. The van der Waals surface area contributed by atoms with E-state index in [0.717, 1.165) is 16.7 Å². The molecule has 72 valence electrons.